The second-order valence-electron chi connectivity index (χ2n) is 12.0. The molecule has 0 saturated heterocycles. The summed E-state index contributed by atoms with van der Waals surface area (Å²) in [6.07, 6.45) is 19.5. The van der Waals surface area contributed by atoms with Crippen LogP contribution in [0.25, 0.3) is 0 Å². The fourth-order valence-corrected chi connectivity index (χ4v) is 6.86. The lowest BCUT2D eigenvalue weighted by molar-refractivity contribution is 0.0724. The summed E-state index contributed by atoms with van der Waals surface area (Å²) >= 11 is 0. The summed E-state index contributed by atoms with van der Waals surface area (Å²) < 4.78 is 8.26. The molecule has 0 fully saturated rings. The number of unbranched alkanes of at least 4 members (excludes halogenated alkanes) is 13. The number of carbonyl (C=O) groups excluding carboxylic acids is 1. The van der Waals surface area contributed by atoms with Gasteiger partial charge < -0.3 is 8.99 Å². The Morgan fingerprint density at radius 3 is 1.47 bits per heavy atom. The smallest absolute Gasteiger partial charge is 0.324 e. The standard InChI is InChI=1S/C29H55NO2Si2/c1-8-9-10-11-12-13-14-15-16-17-18-19-20-21-26-30(33(2,3)4)28-24-22-27(23-25-28)29(31)32-34(5,6)7/h22-25H,8-21,26H2,1-7H3. The van der Waals surface area contributed by atoms with Crippen LogP contribution in [0.5, 0.6) is 0 Å². The van der Waals surface area contributed by atoms with E-state index in [-0.39, 0.29) is 5.97 Å². The molecule has 5 heteroatoms. The van der Waals surface area contributed by atoms with Gasteiger partial charge in [-0.05, 0) is 50.3 Å². The summed E-state index contributed by atoms with van der Waals surface area (Å²) in [5, 5.41) is 0. The lowest BCUT2D eigenvalue weighted by Gasteiger charge is -2.36. The van der Waals surface area contributed by atoms with E-state index in [4.69, 9.17) is 4.43 Å². The van der Waals surface area contributed by atoms with Gasteiger partial charge in [-0.2, -0.15) is 0 Å². The number of hydrogen-bond donors (Lipinski definition) is 0. The molecular formula is C29H55NO2Si2. The fourth-order valence-electron chi connectivity index (χ4n) is 4.43. The van der Waals surface area contributed by atoms with Gasteiger partial charge in [0, 0.05) is 12.2 Å². The maximum absolute atomic E-state index is 12.4. The van der Waals surface area contributed by atoms with Crippen LogP contribution in [0.2, 0.25) is 39.3 Å². The highest BCUT2D eigenvalue weighted by atomic mass is 28.4. The average molecular weight is 506 g/mol. The molecule has 196 valence electrons. The van der Waals surface area contributed by atoms with Gasteiger partial charge in [-0.25, -0.2) is 4.79 Å². The minimum absolute atomic E-state index is 0.183. The van der Waals surface area contributed by atoms with E-state index in [0.29, 0.717) is 5.56 Å². The molecule has 0 unspecified atom stereocenters. The summed E-state index contributed by atoms with van der Waals surface area (Å²) in [6.45, 7) is 16.8. The molecule has 0 aliphatic rings. The molecule has 0 heterocycles. The maximum atomic E-state index is 12.4. The molecule has 1 aromatic carbocycles. The molecule has 1 aromatic rings. The molecule has 0 aliphatic heterocycles. The van der Waals surface area contributed by atoms with Crippen molar-refractivity contribution in [2.24, 2.45) is 0 Å². The van der Waals surface area contributed by atoms with E-state index in [0.717, 1.165) is 6.54 Å². The SMILES string of the molecule is CCCCCCCCCCCCCCCCN(c1ccc(C(=O)O[Si](C)(C)C)cc1)[Si](C)(C)C. The van der Waals surface area contributed by atoms with Crippen LogP contribution in [-0.4, -0.2) is 29.1 Å². The molecule has 1 rings (SSSR count). The van der Waals surface area contributed by atoms with Crippen molar-refractivity contribution in [2.75, 3.05) is 11.1 Å². The van der Waals surface area contributed by atoms with Crippen molar-refractivity contribution >= 4 is 28.2 Å². The molecule has 0 saturated carbocycles. The molecule has 0 aromatic heterocycles. The normalized spacial score (nSPS) is 12.1. The summed E-state index contributed by atoms with van der Waals surface area (Å²) in [5.74, 6) is -0.183. The number of rotatable bonds is 19. The lowest BCUT2D eigenvalue weighted by atomic mass is 10.0. The molecule has 0 N–H and O–H groups in total. The van der Waals surface area contributed by atoms with Crippen LogP contribution < -0.4 is 4.57 Å². The predicted octanol–water partition coefficient (Wildman–Crippen LogP) is 9.80. The Balaban J connectivity index is 2.28. The molecule has 0 aliphatic carbocycles. The van der Waals surface area contributed by atoms with Gasteiger partial charge in [0.15, 0.2) is 0 Å². The highest BCUT2D eigenvalue weighted by Crippen LogP contribution is 2.24. The number of anilines is 1. The van der Waals surface area contributed by atoms with Gasteiger partial charge in [-0.1, -0.05) is 110 Å². The monoisotopic (exact) mass is 505 g/mol. The van der Waals surface area contributed by atoms with Crippen molar-refractivity contribution in [3.05, 3.63) is 29.8 Å². The summed E-state index contributed by atoms with van der Waals surface area (Å²) in [5.41, 5.74) is 1.91. The first kappa shape index (κ1) is 31.0. The second kappa shape index (κ2) is 16.6. The Morgan fingerprint density at radius 2 is 1.09 bits per heavy atom. The Morgan fingerprint density at radius 1 is 0.676 bits per heavy atom. The first-order valence-electron chi connectivity index (χ1n) is 14.2. The minimum atomic E-state index is -1.87. The largest absolute Gasteiger partial charge is 0.516 e. The average Bonchev–Trinajstić information content (AvgIpc) is 2.74. The van der Waals surface area contributed by atoms with Crippen LogP contribution in [0.3, 0.4) is 0 Å². The predicted molar refractivity (Wildman–Crippen MR) is 156 cm³/mol. The third-order valence-electron chi connectivity index (χ3n) is 6.36. The number of benzene rings is 1. The maximum Gasteiger partial charge on any atom is 0.324 e. The highest BCUT2D eigenvalue weighted by Gasteiger charge is 2.25. The van der Waals surface area contributed by atoms with E-state index in [1.54, 1.807) is 0 Å². The quantitative estimate of drug-likeness (QED) is 0.138. The lowest BCUT2D eigenvalue weighted by Crippen LogP contribution is -2.46. The second-order valence-corrected chi connectivity index (χ2v) is 21.3. The molecule has 34 heavy (non-hydrogen) atoms. The molecule has 0 atom stereocenters. The zero-order chi connectivity index (χ0) is 25.5. The van der Waals surface area contributed by atoms with Gasteiger partial charge in [-0.15, -0.1) is 0 Å². The molecule has 0 radical (unpaired) electrons. The Hall–Kier alpha value is -1.08. The molecular weight excluding hydrogens is 450 g/mol. The molecule has 3 nitrogen and oxygen atoms in total. The minimum Gasteiger partial charge on any atom is -0.516 e. The van der Waals surface area contributed by atoms with E-state index in [2.05, 4.69) is 43.3 Å². The van der Waals surface area contributed by atoms with Crippen LogP contribution >= 0.6 is 0 Å². The molecule has 0 bridgehead atoms. The van der Waals surface area contributed by atoms with E-state index < -0.39 is 16.6 Å². The third-order valence-corrected chi connectivity index (χ3v) is 9.26. The van der Waals surface area contributed by atoms with Crippen LogP contribution in [0.1, 0.15) is 107 Å². The van der Waals surface area contributed by atoms with Gasteiger partial charge in [0.2, 0.25) is 8.32 Å². The molecule has 0 amide bonds. The third kappa shape index (κ3) is 14.4. The zero-order valence-electron chi connectivity index (χ0n) is 23.7. The van der Waals surface area contributed by atoms with Crippen molar-refractivity contribution in [1.82, 2.24) is 0 Å². The first-order chi connectivity index (χ1) is 16.0. The van der Waals surface area contributed by atoms with E-state index >= 15 is 0 Å². The highest BCUT2D eigenvalue weighted by molar-refractivity contribution is 6.79. The van der Waals surface area contributed by atoms with Crippen molar-refractivity contribution in [3.8, 4) is 0 Å². The van der Waals surface area contributed by atoms with E-state index in [9.17, 15) is 4.79 Å². The van der Waals surface area contributed by atoms with Crippen molar-refractivity contribution in [3.63, 3.8) is 0 Å². The Kier molecular flexibility index (Phi) is 15.1. The number of hydrogen-bond acceptors (Lipinski definition) is 3. The summed E-state index contributed by atoms with van der Waals surface area (Å²) in [4.78, 5) is 12.4. The van der Waals surface area contributed by atoms with Crippen molar-refractivity contribution < 1.29 is 9.22 Å². The first-order valence-corrected chi connectivity index (χ1v) is 21.0. The summed E-state index contributed by atoms with van der Waals surface area (Å²) in [7, 11) is -3.36. The van der Waals surface area contributed by atoms with Crippen LogP contribution in [0, 0.1) is 0 Å². The van der Waals surface area contributed by atoms with Gasteiger partial charge >= 0.3 is 5.97 Å². The van der Waals surface area contributed by atoms with Gasteiger partial charge in [-0.3, -0.25) is 0 Å². The van der Waals surface area contributed by atoms with Crippen molar-refractivity contribution in [2.45, 2.75) is 136 Å². The van der Waals surface area contributed by atoms with E-state index in [1.807, 2.05) is 31.8 Å². The fraction of sp³-hybridized carbons (Fsp3) is 0.759. The topological polar surface area (TPSA) is 29.5 Å². The van der Waals surface area contributed by atoms with Gasteiger partial charge in [0.05, 0.1) is 5.56 Å². The summed E-state index contributed by atoms with van der Waals surface area (Å²) in [6, 6.07) is 8.11. The molecule has 0 spiro atoms. The zero-order valence-corrected chi connectivity index (χ0v) is 25.7. The van der Waals surface area contributed by atoms with Crippen LogP contribution in [0.4, 0.5) is 5.69 Å². The Bertz CT molecular complexity index is 662. The van der Waals surface area contributed by atoms with Crippen LogP contribution in [0.15, 0.2) is 24.3 Å². The number of carbonyl (C=O) groups is 1. The van der Waals surface area contributed by atoms with Crippen LogP contribution in [-0.2, 0) is 4.43 Å². The Labute approximate surface area is 214 Å². The van der Waals surface area contributed by atoms with Gasteiger partial charge in [0.25, 0.3) is 0 Å². The van der Waals surface area contributed by atoms with Gasteiger partial charge in [0.1, 0.15) is 8.24 Å². The van der Waals surface area contributed by atoms with Crippen molar-refractivity contribution in [1.29, 1.82) is 0 Å². The van der Waals surface area contributed by atoms with E-state index in [1.165, 1.54) is 95.6 Å². The number of nitrogens with zero attached hydrogens (tertiary/aromatic N) is 1.